The minimum absolute atomic E-state index is 0.162. The number of aliphatic carboxylic acids is 1. The number of nitrogens with zero attached hydrogens (tertiary/aromatic N) is 1. The number of carbonyl (C=O) groups is 2. The highest BCUT2D eigenvalue weighted by molar-refractivity contribution is 5.83. The molecular formula is C12H22N2O4. The molecule has 1 rings (SSSR count). The smallest absolute Gasteiger partial charge is 0.311 e. The molecule has 0 aromatic carbocycles. The Bertz CT molecular complexity index is 308. The predicted octanol–water partition coefficient (Wildman–Crippen LogP) is 0.0619. The molecule has 0 saturated carbocycles. The number of hydrogen-bond acceptors (Lipinski definition) is 4. The first-order valence-corrected chi connectivity index (χ1v) is 6.39. The van der Waals surface area contributed by atoms with Crippen molar-refractivity contribution in [3.8, 4) is 0 Å². The Kier molecular flexibility index (Phi) is 5.55. The largest absolute Gasteiger partial charge is 0.481 e. The van der Waals surface area contributed by atoms with Gasteiger partial charge >= 0.3 is 5.97 Å². The third kappa shape index (κ3) is 3.20. The van der Waals surface area contributed by atoms with E-state index in [1.165, 1.54) is 0 Å². The van der Waals surface area contributed by atoms with E-state index in [0.717, 1.165) is 6.42 Å². The van der Waals surface area contributed by atoms with E-state index in [0.29, 0.717) is 13.0 Å². The lowest BCUT2D eigenvalue weighted by atomic mass is 10.0. The number of carboxylic acid groups (broad SMARTS) is 1. The van der Waals surface area contributed by atoms with Crippen molar-refractivity contribution in [2.24, 2.45) is 11.7 Å². The summed E-state index contributed by atoms with van der Waals surface area (Å²) in [5.74, 6) is -1.75. The molecule has 104 valence electrons. The van der Waals surface area contributed by atoms with Gasteiger partial charge in [0, 0.05) is 6.54 Å². The lowest BCUT2D eigenvalue weighted by Gasteiger charge is -2.32. The summed E-state index contributed by atoms with van der Waals surface area (Å²) in [5.41, 5.74) is 5.76. The molecule has 18 heavy (non-hydrogen) atoms. The Balaban J connectivity index is 2.83. The summed E-state index contributed by atoms with van der Waals surface area (Å²) in [4.78, 5) is 24.9. The maximum absolute atomic E-state index is 12.2. The van der Waals surface area contributed by atoms with Gasteiger partial charge < -0.3 is 20.5 Å². The molecule has 3 N–H and O–H groups in total. The van der Waals surface area contributed by atoms with Crippen LogP contribution in [0.2, 0.25) is 0 Å². The second kappa shape index (κ2) is 6.70. The first-order valence-electron chi connectivity index (χ1n) is 6.39. The third-order valence-electron chi connectivity index (χ3n) is 3.27. The van der Waals surface area contributed by atoms with Crippen LogP contribution >= 0.6 is 0 Å². The highest BCUT2D eigenvalue weighted by atomic mass is 16.5. The molecule has 1 saturated heterocycles. The first kappa shape index (κ1) is 14.9. The van der Waals surface area contributed by atoms with E-state index in [4.69, 9.17) is 15.6 Å². The zero-order valence-corrected chi connectivity index (χ0v) is 11.0. The summed E-state index contributed by atoms with van der Waals surface area (Å²) < 4.78 is 5.21. The Morgan fingerprint density at radius 1 is 1.44 bits per heavy atom. The maximum Gasteiger partial charge on any atom is 0.311 e. The van der Waals surface area contributed by atoms with Gasteiger partial charge in [-0.3, -0.25) is 9.59 Å². The molecule has 3 atom stereocenters. The fourth-order valence-corrected chi connectivity index (χ4v) is 2.15. The van der Waals surface area contributed by atoms with Crippen molar-refractivity contribution < 1.29 is 19.4 Å². The number of amides is 1. The van der Waals surface area contributed by atoms with Gasteiger partial charge in [-0.2, -0.15) is 0 Å². The van der Waals surface area contributed by atoms with E-state index < -0.39 is 24.0 Å². The molecule has 2 unspecified atom stereocenters. The number of hydrogen-bond donors (Lipinski definition) is 2. The Morgan fingerprint density at radius 3 is 2.61 bits per heavy atom. The van der Waals surface area contributed by atoms with Crippen molar-refractivity contribution in [1.29, 1.82) is 0 Å². The highest BCUT2D eigenvalue weighted by Gasteiger charge is 2.40. The Hall–Kier alpha value is -1.14. The van der Waals surface area contributed by atoms with Gasteiger partial charge in [-0.15, -0.1) is 0 Å². The first-order chi connectivity index (χ1) is 8.52. The SMILES string of the molecule is CCCN(C(=O)[C@@H](N)CC)C1COCC1C(=O)O. The van der Waals surface area contributed by atoms with Crippen LogP contribution < -0.4 is 5.73 Å². The fourth-order valence-electron chi connectivity index (χ4n) is 2.15. The number of carboxylic acids is 1. The molecule has 6 nitrogen and oxygen atoms in total. The Labute approximate surface area is 107 Å². The van der Waals surface area contributed by atoms with Crippen LogP contribution in [0.3, 0.4) is 0 Å². The summed E-state index contributed by atoms with van der Waals surface area (Å²) in [6.07, 6.45) is 1.31. The van der Waals surface area contributed by atoms with Crippen LogP contribution in [0.5, 0.6) is 0 Å². The van der Waals surface area contributed by atoms with Crippen molar-refractivity contribution >= 4 is 11.9 Å². The average molecular weight is 258 g/mol. The molecule has 1 aliphatic heterocycles. The quantitative estimate of drug-likeness (QED) is 0.703. The van der Waals surface area contributed by atoms with Crippen molar-refractivity contribution in [2.75, 3.05) is 19.8 Å². The summed E-state index contributed by atoms with van der Waals surface area (Å²) in [7, 11) is 0. The van der Waals surface area contributed by atoms with Gasteiger partial charge in [-0.25, -0.2) is 0 Å². The van der Waals surface area contributed by atoms with Crippen LogP contribution in [0, 0.1) is 5.92 Å². The normalized spacial score (nSPS) is 24.8. The van der Waals surface area contributed by atoms with Crippen LogP contribution in [0.4, 0.5) is 0 Å². The van der Waals surface area contributed by atoms with Gasteiger partial charge in [0.25, 0.3) is 0 Å². The number of rotatable bonds is 6. The van der Waals surface area contributed by atoms with Gasteiger partial charge in [0.2, 0.25) is 5.91 Å². The minimum Gasteiger partial charge on any atom is -0.481 e. The van der Waals surface area contributed by atoms with E-state index in [9.17, 15) is 9.59 Å². The van der Waals surface area contributed by atoms with E-state index in [-0.39, 0.29) is 19.1 Å². The van der Waals surface area contributed by atoms with Gasteiger partial charge in [0.15, 0.2) is 0 Å². The highest BCUT2D eigenvalue weighted by Crippen LogP contribution is 2.21. The molecule has 1 fully saturated rings. The van der Waals surface area contributed by atoms with Gasteiger partial charge in [0.1, 0.15) is 5.92 Å². The third-order valence-corrected chi connectivity index (χ3v) is 3.27. The average Bonchev–Trinajstić information content (AvgIpc) is 2.83. The van der Waals surface area contributed by atoms with Crippen molar-refractivity contribution in [3.05, 3.63) is 0 Å². The molecule has 0 aromatic rings. The van der Waals surface area contributed by atoms with Crippen LogP contribution in [0.25, 0.3) is 0 Å². The number of nitrogens with two attached hydrogens (primary N) is 1. The summed E-state index contributed by atoms with van der Waals surface area (Å²) in [6.45, 7) is 4.74. The lowest BCUT2D eigenvalue weighted by Crippen LogP contribution is -2.52. The van der Waals surface area contributed by atoms with Crippen LogP contribution in [0.1, 0.15) is 26.7 Å². The summed E-state index contributed by atoms with van der Waals surface area (Å²) >= 11 is 0. The number of ether oxygens (including phenoxy) is 1. The van der Waals surface area contributed by atoms with Gasteiger partial charge in [-0.1, -0.05) is 13.8 Å². The molecule has 1 heterocycles. The molecule has 1 amide bonds. The summed E-state index contributed by atoms with van der Waals surface area (Å²) in [5, 5.41) is 9.13. The zero-order chi connectivity index (χ0) is 13.7. The lowest BCUT2D eigenvalue weighted by molar-refractivity contribution is -0.145. The van der Waals surface area contributed by atoms with Crippen molar-refractivity contribution in [2.45, 2.75) is 38.8 Å². The van der Waals surface area contributed by atoms with Crippen molar-refractivity contribution in [1.82, 2.24) is 4.90 Å². The Morgan fingerprint density at radius 2 is 2.11 bits per heavy atom. The second-order valence-electron chi connectivity index (χ2n) is 4.60. The molecule has 0 bridgehead atoms. The van der Waals surface area contributed by atoms with Gasteiger partial charge in [0.05, 0.1) is 25.3 Å². The molecule has 0 aliphatic carbocycles. The molecular weight excluding hydrogens is 236 g/mol. The molecule has 0 radical (unpaired) electrons. The van der Waals surface area contributed by atoms with E-state index in [1.807, 2.05) is 13.8 Å². The van der Waals surface area contributed by atoms with E-state index in [1.54, 1.807) is 4.90 Å². The van der Waals surface area contributed by atoms with Crippen molar-refractivity contribution in [3.63, 3.8) is 0 Å². The van der Waals surface area contributed by atoms with Gasteiger partial charge in [-0.05, 0) is 12.8 Å². The topological polar surface area (TPSA) is 92.9 Å². The number of carbonyl (C=O) groups excluding carboxylic acids is 1. The molecule has 0 spiro atoms. The van der Waals surface area contributed by atoms with Crippen LogP contribution in [0.15, 0.2) is 0 Å². The standard InChI is InChI=1S/C12H22N2O4/c1-3-5-14(11(15)9(13)4-2)10-7-18-6-8(10)12(16)17/h8-10H,3-7,13H2,1-2H3,(H,16,17)/t8?,9-,10?/m0/s1. The minimum atomic E-state index is -0.920. The van der Waals surface area contributed by atoms with E-state index in [2.05, 4.69) is 0 Å². The molecule has 0 aromatic heterocycles. The summed E-state index contributed by atoms with van der Waals surface area (Å²) in [6, 6.07) is -0.959. The fraction of sp³-hybridized carbons (Fsp3) is 0.833. The second-order valence-corrected chi connectivity index (χ2v) is 4.60. The van der Waals surface area contributed by atoms with Crippen LogP contribution in [-0.4, -0.2) is 53.7 Å². The monoisotopic (exact) mass is 258 g/mol. The van der Waals surface area contributed by atoms with Crippen LogP contribution in [-0.2, 0) is 14.3 Å². The van der Waals surface area contributed by atoms with E-state index >= 15 is 0 Å². The maximum atomic E-state index is 12.2. The molecule has 1 aliphatic rings. The molecule has 6 heteroatoms. The zero-order valence-electron chi connectivity index (χ0n) is 11.0. The predicted molar refractivity (Wildman–Crippen MR) is 66.0 cm³/mol.